The third-order valence-corrected chi connectivity index (χ3v) is 5.24. The fourth-order valence-electron chi connectivity index (χ4n) is 5.04. The molecule has 4 aliphatic carbocycles. The van der Waals surface area contributed by atoms with Crippen molar-refractivity contribution in [3.05, 3.63) is 12.7 Å². The predicted molar refractivity (Wildman–Crippen MR) is 68.2 cm³/mol. The van der Waals surface area contributed by atoms with Gasteiger partial charge in [-0.05, 0) is 55.8 Å². The van der Waals surface area contributed by atoms with Crippen LogP contribution in [0.5, 0.6) is 0 Å². The molecule has 0 unspecified atom stereocenters. The minimum atomic E-state index is 0.582. The van der Waals surface area contributed by atoms with Gasteiger partial charge in [-0.3, -0.25) is 4.90 Å². The van der Waals surface area contributed by atoms with Crippen LogP contribution in [-0.4, -0.2) is 24.0 Å². The zero-order valence-electron chi connectivity index (χ0n) is 10.5. The van der Waals surface area contributed by atoms with Gasteiger partial charge in [-0.2, -0.15) is 5.26 Å². The Labute approximate surface area is 104 Å². The highest BCUT2D eigenvalue weighted by Crippen LogP contribution is 2.55. The molecule has 4 fully saturated rings. The van der Waals surface area contributed by atoms with Gasteiger partial charge in [-0.25, -0.2) is 0 Å². The second-order valence-corrected chi connectivity index (χ2v) is 6.30. The van der Waals surface area contributed by atoms with Crippen molar-refractivity contribution in [1.29, 1.82) is 5.26 Å². The van der Waals surface area contributed by atoms with Crippen molar-refractivity contribution in [2.24, 2.45) is 23.7 Å². The molecule has 0 atom stereocenters. The first kappa shape index (κ1) is 11.3. The van der Waals surface area contributed by atoms with E-state index in [9.17, 15) is 0 Å². The first-order valence-corrected chi connectivity index (χ1v) is 7.03. The molecule has 0 aromatic heterocycles. The summed E-state index contributed by atoms with van der Waals surface area (Å²) in [6.07, 6.45) is 9.17. The molecule has 0 aromatic rings. The van der Waals surface area contributed by atoms with E-state index >= 15 is 0 Å². The Hall–Kier alpha value is -0.810. The molecule has 0 N–H and O–H groups in total. The quantitative estimate of drug-likeness (QED) is 0.548. The summed E-state index contributed by atoms with van der Waals surface area (Å²) in [4.78, 5) is 2.39. The summed E-state index contributed by atoms with van der Waals surface area (Å²) in [6.45, 7) is 5.32. The standard InChI is InChI=1S/C15H22N2/c1-2-4-17(5-3-16)15-13-7-11-6-12(9-13)10-14(15)8-11/h2,11-15H,1,4-10H2. The highest BCUT2D eigenvalue weighted by atomic mass is 15.2. The van der Waals surface area contributed by atoms with E-state index < -0.39 is 0 Å². The molecule has 4 aliphatic rings. The average Bonchev–Trinajstić information content (AvgIpc) is 2.28. The van der Waals surface area contributed by atoms with Crippen LogP contribution in [0.1, 0.15) is 32.1 Å². The second kappa shape index (κ2) is 4.46. The number of nitrogens with zero attached hydrogens (tertiary/aromatic N) is 2. The van der Waals surface area contributed by atoms with Crippen LogP contribution in [0.4, 0.5) is 0 Å². The van der Waals surface area contributed by atoms with Crippen LogP contribution < -0.4 is 0 Å². The largest absolute Gasteiger partial charge is 0.283 e. The minimum Gasteiger partial charge on any atom is -0.283 e. The van der Waals surface area contributed by atoms with Gasteiger partial charge in [0, 0.05) is 12.6 Å². The average molecular weight is 230 g/mol. The van der Waals surface area contributed by atoms with Gasteiger partial charge < -0.3 is 0 Å². The van der Waals surface area contributed by atoms with Gasteiger partial charge >= 0.3 is 0 Å². The SMILES string of the molecule is C=CCN(CC#N)C1C2CC3CC(C2)CC1C3. The monoisotopic (exact) mass is 230 g/mol. The third kappa shape index (κ3) is 1.91. The molecule has 0 aromatic carbocycles. The summed E-state index contributed by atoms with van der Waals surface area (Å²) >= 11 is 0. The number of nitriles is 1. The molecule has 0 saturated heterocycles. The second-order valence-electron chi connectivity index (χ2n) is 6.30. The maximum absolute atomic E-state index is 8.99. The molecule has 0 aliphatic heterocycles. The Bertz CT molecular complexity index is 313. The maximum Gasteiger partial charge on any atom is 0.0871 e. The molecule has 0 radical (unpaired) electrons. The summed E-state index contributed by atoms with van der Waals surface area (Å²) in [5.74, 6) is 3.78. The lowest BCUT2D eigenvalue weighted by Crippen LogP contribution is -2.56. The summed E-state index contributed by atoms with van der Waals surface area (Å²) < 4.78 is 0. The normalized spacial score (nSPS) is 42.7. The van der Waals surface area contributed by atoms with Gasteiger partial charge in [0.1, 0.15) is 0 Å². The molecule has 17 heavy (non-hydrogen) atoms. The van der Waals surface area contributed by atoms with Crippen LogP contribution in [0, 0.1) is 35.0 Å². The van der Waals surface area contributed by atoms with Crippen LogP contribution in [0.15, 0.2) is 12.7 Å². The van der Waals surface area contributed by atoms with E-state index in [0.29, 0.717) is 12.6 Å². The van der Waals surface area contributed by atoms with Crippen LogP contribution in [0.3, 0.4) is 0 Å². The van der Waals surface area contributed by atoms with E-state index in [1.165, 1.54) is 32.1 Å². The summed E-state index contributed by atoms with van der Waals surface area (Å²) in [7, 11) is 0. The van der Waals surface area contributed by atoms with Crippen molar-refractivity contribution in [2.75, 3.05) is 13.1 Å². The number of hydrogen-bond donors (Lipinski definition) is 0. The molecule has 0 heterocycles. The van der Waals surface area contributed by atoms with Gasteiger partial charge in [0.2, 0.25) is 0 Å². The Balaban J connectivity index is 1.78. The molecule has 0 amide bonds. The molecule has 0 spiro atoms. The van der Waals surface area contributed by atoms with Crippen LogP contribution in [0.2, 0.25) is 0 Å². The van der Waals surface area contributed by atoms with E-state index in [2.05, 4.69) is 17.5 Å². The Morgan fingerprint density at radius 3 is 2.18 bits per heavy atom. The molecular formula is C15H22N2. The Morgan fingerprint density at radius 2 is 1.71 bits per heavy atom. The predicted octanol–water partition coefficient (Wildman–Crippen LogP) is 2.82. The van der Waals surface area contributed by atoms with Crippen molar-refractivity contribution in [3.63, 3.8) is 0 Å². The van der Waals surface area contributed by atoms with Gasteiger partial charge in [0.25, 0.3) is 0 Å². The van der Waals surface area contributed by atoms with Crippen LogP contribution in [-0.2, 0) is 0 Å². The van der Waals surface area contributed by atoms with Crippen LogP contribution >= 0.6 is 0 Å². The third-order valence-electron chi connectivity index (χ3n) is 5.24. The number of hydrogen-bond acceptors (Lipinski definition) is 2. The van der Waals surface area contributed by atoms with Crippen molar-refractivity contribution in [1.82, 2.24) is 4.90 Å². The lowest BCUT2D eigenvalue weighted by Gasteiger charge is -2.57. The van der Waals surface area contributed by atoms with E-state index in [-0.39, 0.29) is 0 Å². The highest BCUT2D eigenvalue weighted by Gasteiger charge is 2.49. The van der Waals surface area contributed by atoms with Crippen molar-refractivity contribution in [2.45, 2.75) is 38.1 Å². The Morgan fingerprint density at radius 1 is 1.12 bits per heavy atom. The van der Waals surface area contributed by atoms with Gasteiger partial charge in [0.05, 0.1) is 12.6 Å². The number of rotatable bonds is 4. The molecule has 2 nitrogen and oxygen atoms in total. The first-order valence-electron chi connectivity index (χ1n) is 7.03. The summed E-state index contributed by atoms with van der Waals surface area (Å²) in [5, 5.41) is 8.99. The Kier molecular flexibility index (Phi) is 2.96. The maximum atomic E-state index is 8.99. The van der Waals surface area contributed by atoms with E-state index in [0.717, 1.165) is 30.2 Å². The zero-order chi connectivity index (χ0) is 11.8. The van der Waals surface area contributed by atoms with E-state index in [1.807, 2.05) is 6.08 Å². The fourth-order valence-corrected chi connectivity index (χ4v) is 5.04. The zero-order valence-corrected chi connectivity index (χ0v) is 10.5. The van der Waals surface area contributed by atoms with Crippen molar-refractivity contribution in [3.8, 4) is 6.07 Å². The van der Waals surface area contributed by atoms with Gasteiger partial charge in [0.15, 0.2) is 0 Å². The van der Waals surface area contributed by atoms with E-state index in [4.69, 9.17) is 5.26 Å². The lowest BCUT2D eigenvalue weighted by atomic mass is 9.54. The fraction of sp³-hybridized carbons (Fsp3) is 0.800. The molecule has 2 heteroatoms. The summed E-state index contributed by atoms with van der Waals surface area (Å²) in [6, 6.07) is 3.02. The minimum absolute atomic E-state index is 0.582. The molecule has 92 valence electrons. The smallest absolute Gasteiger partial charge is 0.0871 e. The topological polar surface area (TPSA) is 27.0 Å². The molecule has 4 saturated carbocycles. The molecule has 4 bridgehead atoms. The molecule has 4 rings (SSSR count). The van der Waals surface area contributed by atoms with Gasteiger partial charge in [-0.1, -0.05) is 6.08 Å². The van der Waals surface area contributed by atoms with Crippen molar-refractivity contribution < 1.29 is 0 Å². The van der Waals surface area contributed by atoms with Crippen LogP contribution in [0.25, 0.3) is 0 Å². The first-order chi connectivity index (χ1) is 8.31. The molecular weight excluding hydrogens is 208 g/mol. The lowest BCUT2D eigenvalue weighted by molar-refractivity contribution is -0.0581. The van der Waals surface area contributed by atoms with Gasteiger partial charge in [-0.15, -0.1) is 6.58 Å². The highest BCUT2D eigenvalue weighted by molar-refractivity contribution is 5.03. The summed E-state index contributed by atoms with van der Waals surface area (Å²) in [5.41, 5.74) is 0. The van der Waals surface area contributed by atoms with E-state index in [1.54, 1.807) is 0 Å². The van der Waals surface area contributed by atoms with Crippen molar-refractivity contribution >= 4 is 0 Å².